The van der Waals surface area contributed by atoms with Gasteiger partial charge in [-0.2, -0.15) is 0 Å². The fourth-order valence-electron chi connectivity index (χ4n) is 4.08. The molecule has 3 aromatic heterocycles. The number of pyridine rings is 1. The Balaban J connectivity index is 1.52. The van der Waals surface area contributed by atoms with Gasteiger partial charge in [0.05, 0.1) is 5.69 Å². The highest BCUT2D eigenvalue weighted by atomic mass is 16.5. The summed E-state index contributed by atoms with van der Waals surface area (Å²) in [4.78, 5) is 22.2. The van der Waals surface area contributed by atoms with Gasteiger partial charge in [-0.05, 0) is 48.5 Å². The predicted molar refractivity (Wildman–Crippen MR) is 107 cm³/mol. The lowest BCUT2D eigenvalue weighted by molar-refractivity contribution is 0.238. The van der Waals surface area contributed by atoms with Gasteiger partial charge < -0.3 is 4.52 Å². The summed E-state index contributed by atoms with van der Waals surface area (Å²) >= 11 is 0. The van der Waals surface area contributed by atoms with Crippen molar-refractivity contribution in [3.8, 4) is 11.5 Å². The van der Waals surface area contributed by atoms with E-state index in [0.29, 0.717) is 12.2 Å². The average molecular weight is 374 g/mol. The Bertz CT molecular complexity index is 1140. The molecule has 0 N–H and O–H groups in total. The van der Waals surface area contributed by atoms with Gasteiger partial charge in [0.25, 0.3) is 5.56 Å². The average Bonchev–Trinajstić information content (AvgIpc) is 3.19. The van der Waals surface area contributed by atoms with Gasteiger partial charge in [0, 0.05) is 30.8 Å². The number of rotatable bonds is 2. The number of hydrogen-bond acceptors (Lipinski definition) is 5. The van der Waals surface area contributed by atoms with E-state index in [9.17, 15) is 4.79 Å². The van der Waals surface area contributed by atoms with Crippen molar-refractivity contribution in [2.75, 3.05) is 0 Å². The topological polar surface area (TPSA) is 73.8 Å². The molecule has 6 nitrogen and oxygen atoms in total. The number of nitrogens with zero attached hydrogens (tertiary/aromatic N) is 4. The van der Waals surface area contributed by atoms with Crippen molar-refractivity contribution >= 4 is 11.6 Å². The third-order valence-corrected chi connectivity index (χ3v) is 5.70. The van der Waals surface area contributed by atoms with Crippen molar-refractivity contribution in [2.24, 2.45) is 5.41 Å². The van der Waals surface area contributed by atoms with Gasteiger partial charge >= 0.3 is 0 Å². The molecule has 1 aliphatic carbocycles. The summed E-state index contributed by atoms with van der Waals surface area (Å²) in [7, 11) is 0. The zero-order valence-electron chi connectivity index (χ0n) is 16.1. The molecule has 0 aromatic carbocycles. The molecule has 0 unspecified atom stereocenters. The van der Waals surface area contributed by atoms with Crippen LogP contribution < -0.4 is 5.56 Å². The van der Waals surface area contributed by atoms with E-state index in [-0.39, 0.29) is 11.0 Å². The molecular weight excluding hydrogens is 352 g/mol. The van der Waals surface area contributed by atoms with Gasteiger partial charge in [0.2, 0.25) is 0 Å². The highest BCUT2D eigenvalue weighted by molar-refractivity contribution is 5.82. The van der Waals surface area contributed by atoms with E-state index in [1.165, 1.54) is 0 Å². The van der Waals surface area contributed by atoms with E-state index < -0.39 is 0 Å². The summed E-state index contributed by atoms with van der Waals surface area (Å²) in [6.45, 7) is 5.17. The maximum atomic E-state index is 13.0. The molecule has 0 saturated carbocycles. The van der Waals surface area contributed by atoms with Crippen molar-refractivity contribution in [3.05, 3.63) is 63.6 Å². The van der Waals surface area contributed by atoms with E-state index in [1.54, 1.807) is 6.20 Å². The Hall–Kier alpha value is -3.02. The Morgan fingerprint density at radius 2 is 2.04 bits per heavy atom. The van der Waals surface area contributed by atoms with E-state index >= 15 is 0 Å². The second-order valence-electron chi connectivity index (χ2n) is 8.41. The molecule has 0 amide bonds. The number of aromatic nitrogens is 4. The summed E-state index contributed by atoms with van der Waals surface area (Å²) in [6.07, 6.45) is 7.05. The minimum atomic E-state index is 0.123. The summed E-state index contributed by atoms with van der Waals surface area (Å²) < 4.78 is 7.37. The third kappa shape index (κ3) is 2.89. The summed E-state index contributed by atoms with van der Waals surface area (Å²) in [5.74, 6) is 1.54. The van der Waals surface area contributed by atoms with Crippen molar-refractivity contribution in [3.63, 3.8) is 0 Å². The Morgan fingerprint density at radius 3 is 2.86 bits per heavy atom. The van der Waals surface area contributed by atoms with Crippen molar-refractivity contribution in [1.82, 2.24) is 19.7 Å². The van der Waals surface area contributed by atoms with Crippen LogP contribution >= 0.6 is 0 Å². The van der Waals surface area contributed by atoms with Crippen molar-refractivity contribution < 1.29 is 4.52 Å². The van der Waals surface area contributed by atoms with E-state index in [0.717, 1.165) is 59.8 Å². The molecule has 2 aliphatic rings. The van der Waals surface area contributed by atoms with Crippen LogP contribution in [0.1, 0.15) is 49.5 Å². The normalized spacial score (nSPS) is 17.6. The Kier molecular flexibility index (Phi) is 3.82. The standard InChI is InChI=1S/C22H22N4O2/c1-22(2)9-8-20-24-18-11-14(6-7-15(18)21(27)26(20)13-22)17-12-19(28-25-17)16-5-3-4-10-23-16/h3-5,10-12H,6-9,13H2,1-2H3. The molecule has 0 fully saturated rings. The van der Waals surface area contributed by atoms with Crippen LogP contribution in [0.5, 0.6) is 0 Å². The van der Waals surface area contributed by atoms with Gasteiger partial charge in [-0.15, -0.1) is 0 Å². The molecule has 0 radical (unpaired) electrons. The van der Waals surface area contributed by atoms with Crippen LogP contribution in [-0.4, -0.2) is 19.7 Å². The van der Waals surface area contributed by atoms with Crippen LogP contribution in [0.25, 0.3) is 23.1 Å². The maximum Gasteiger partial charge on any atom is 0.257 e. The lowest BCUT2D eigenvalue weighted by atomic mass is 9.84. The summed E-state index contributed by atoms with van der Waals surface area (Å²) in [6, 6.07) is 7.59. The molecule has 0 bridgehead atoms. The highest BCUT2D eigenvalue weighted by Gasteiger charge is 2.29. The predicted octanol–water partition coefficient (Wildman–Crippen LogP) is 3.75. The van der Waals surface area contributed by atoms with Gasteiger partial charge in [0.1, 0.15) is 17.2 Å². The second kappa shape index (κ2) is 6.26. The molecular formula is C22H22N4O2. The molecule has 3 aromatic rings. The first-order valence-electron chi connectivity index (χ1n) is 9.72. The van der Waals surface area contributed by atoms with Crippen LogP contribution in [0.4, 0.5) is 0 Å². The molecule has 1 aliphatic heterocycles. The third-order valence-electron chi connectivity index (χ3n) is 5.70. The fraction of sp³-hybridized carbons (Fsp3) is 0.364. The van der Waals surface area contributed by atoms with Gasteiger partial charge in [0.15, 0.2) is 5.76 Å². The van der Waals surface area contributed by atoms with Crippen LogP contribution in [0.2, 0.25) is 0 Å². The number of hydrogen-bond donors (Lipinski definition) is 0. The van der Waals surface area contributed by atoms with Gasteiger partial charge in [-0.25, -0.2) is 4.98 Å². The van der Waals surface area contributed by atoms with Crippen LogP contribution in [0.15, 0.2) is 39.8 Å². The minimum absolute atomic E-state index is 0.123. The zero-order chi connectivity index (χ0) is 19.3. The van der Waals surface area contributed by atoms with E-state index in [4.69, 9.17) is 9.51 Å². The smallest absolute Gasteiger partial charge is 0.257 e. The Labute approximate surface area is 162 Å². The van der Waals surface area contributed by atoms with Crippen molar-refractivity contribution in [2.45, 2.75) is 46.1 Å². The first-order valence-corrected chi connectivity index (χ1v) is 9.72. The lowest BCUT2D eigenvalue weighted by Crippen LogP contribution is -2.38. The molecule has 4 heterocycles. The van der Waals surface area contributed by atoms with E-state index in [2.05, 4.69) is 24.0 Å². The maximum absolute atomic E-state index is 13.0. The highest BCUT2D eigenvalue weighted by Crippen LogP contribution is 2.33. The quantitative estimate of drug-likeness (QED) is 0.683. The van der Waals surface area contributed by atoms with Gasteiger partial charge in [-0.1, -0.05) is 25.1 Å². The first kappa shape index (κ1) is 17.1. The lowest BCUT2D eigenvalue weighted by Gasteiger charge is -2.32. The molecule has 142 valence electrons. The molecule has 0 spiro atoms. The molecule has 0 atom stereocenters. The first-order chi connectivity index (χ1) is 13.5. The number of fused-ring (bicyclic) bond motifs is 2. The SMILES string of the molecule is CC1(C)CCc2nc3c(c(=O)n2C1)CCC(c1cc(-c2ccccn2)on1)=C3. The van der Waals surface area contributed by atoms with Crippen LogP contribution in [-0.2, 0) is 19.4 Å². The summed E-state index contributed by atoms with van der Waals surface area (Å²) in [5.41, 5.74) is 4.46. The van der Waals surface area contributed by atoms with E-state index in [1.807, 2.05) is 34.9 Å². The second-order valence-corrected chi connectivity index (χ2v) is 8.41. The van der Waals surface area contributed by atoms with Crippen LogP contribution in [0.3, 0.4) is 0 Å². The Morgan fingerprint density at radius 1 is 1.14 bits per heavy atom. The fourth-order valence-corrected chi connectivity index (χ4v) is 4.08. The van der Waals surface area contributed by atoms with Gasteiger partial charge in [-0.3, -0.25) is 14.3 Å². The summed E-state index contributed by atoms with van der Waals surface area (Å²) in [5, 5.41) is 4.22. The molecule has 5 rings (SSSR count). The monoisotopic (exact) mass is 374 g/mol. The molecule has 0 saturated heterocycles. The number of allylic oxidation sites excluding steroid dienone is 1. The molecule has 6 heteroatoms. The molecule has 28 heavy (non-hydrogen) atoms. The number of aryl methyl sites for hydroxylation is 1. The van der Waals surface area contributed by atoms with Crippen molar-refractivity contribution in [1.29, 1.82) is 0 Å². The van der Waals surface area contributed by atoms with Crippen LogP contribution in [0, 0.1) is 5.41 Å². The minimum Gasteiger partial charge on any atom is -0.354 e. The largest absolute Gasteiger partial charge is 0.354 e. The zero-order valence-corrected chi connectivity index (χ0v) is 16.1.